The van der Waals surface area contributed by atoms with Crippen LogP contribution in [0.15, 0.2) is 128 Å². The van der Waals surface area contributed by atoms with Gasteiger partial charge in [0, 0.05) is 88.9 Å². The average Bonchev–Trinajstić information content (AvgIpc) is 3.96. The molecule has 2 unspecified atom stereocenters. The first kappa shape index (κ1) is 50.9. The molecule has 2 saturated heterocycles. The van der Waals surface area contributed by atoms with E-state index >= 15 is 0 Å². The first-order valence-electron chi connectivity index (χ1n) is 20.9. The predicted octanol–water partition coefficient (Wildman–Crippen LogP) is 10.1. The van der Waals surface area contributed by atoms with Crippen LogP contribution in [0.25, 0.3) is 11.4 Å². The number of aromatic amines is 1. The van der Waals surface area contributed by atoms with Gasteiger partial charge in [0.2, 0.25) is 0 Å². The largest absolute Gasteiger partial charge is 0.368 e. The quantitative estimate of drug-likeness (QED) is 0.143. The molecule has 2 fully saturated rings. The van der Waals surface area contributed by atoms with Crippen molar-refractivity contribution in [3.05, 3.63) is 140 Å². The maximum Gasteiger partial charge on any atom is 0.350 e. The Balaban J connectivity index is 0.000000235. The van der Waals surface area contributed by atoms with E-state index in [0.29, 0.717) is 19.2 Å². The van der Waals surface area contributed by atoms with E-state index in [1.54, 1.807) is 15.6 Å². The van der Waals surface area contributed by atoms with Gasteiger partial charge in [0.25, 0.3) is 0 Å². The van der Waals surface area contributed by atoms with Crippen molar-refractivity contribution in [3.8, 4) is 11.4 Å². The Hall–Kier alpha value is -4.74. The van der Waals surface area contributed by atoms with E-state index in [1.165, 1.54) is 40.1 Å². The lowest BCUT2D eigenvalue weighted by Gasteiger charge is -2.37. The molecule has 2 aliphatic heterocycles. The van der Waals surface area contributed by atoms with Crippen molar-refractivity contribution in [2.24, 2.45) is 0 Å². The summed E-state index contributed by atoms with van der Waals surface area (Å²) in [6.45, 7) is 16.2. The van der Waals surface area contributed by atoms with Crippen LogP contribution in [-0.4, -0.2) is 101 Å². The van der Waals surface area contributed by atoms with Crippen LogP contribution in [-0.2, 0) is 0 Å². The van der Waals surface area contributed by atoms with Crippen molar-refractivity contribution >= 4 is 70.5 Å². The number of rotatable bonds is 9. The van der Waals surface area contributed by atoms with Crippen LogP contribution in [0, 0.1) is 0 Å². The Bertz CT molecular complexity index is 2300. The number of piperazine rings is 2. The molecule has 17 heteroatoms. The Kier molecular flexibility index (Phi) is 21.1. The molecule has 63 heavy (non-hydrogen) atoms. The third kappa shape index (κ3) is 14.4. The maximum absolute atomic E-state index is 12.6. The van der Waals surface area contributed by atoms with E-state index in [2.05, 4.69) is 176 Å². The fourth-order valence-corrected chi connectivity index (χ4v) is 7.33. The Morgan fingerprint density at radius 1 is 0.540 bits per heavy atom. The fourth-order valence-electron chi connectivity index (χ4n) is 6.80. The van der Waals surface area contributed by atoms with Gasteiger partial charge in [-0.15, -0.1) is 0 Å². The van der Waals surface area contributed by atoms with Gasteiger partial charge in [0.15, 0.2) is 0 Å². The molecule has 0 bridgehead atoms. The van der Waals surface area contributed by atoms with Crippen LogP contribution in [0.2, 0.25) is 0 Å². The second-order valence-corrected chi connectivity index (χ2v) is 18.0. The summed E-state index contributed by atoms with van der Waals surface area (Å²) >= 11 is 10.3. The van der Waals surface area contributed by atoms with Gasteiger partial charge in [0.1, 0.15) is 12.7 Å². The molecule has 0 saturated carbocycles. The highest BCUT2D eigenvalue weighted by Gasteiger charge is 2.20. The Morgan fingerprint density at radius 2 is 0.857 bits per heavy atom. The average molecular weight is 1060 g/mol. The van der Waals surface area contributed by atoms with Crippen molar-refractivity contribution < 1.29 is 8.78 Å². The van der Waals surface area contributed by atoms with E-state index in [4.69, 9.17) is 0 Å². The number of alkyl halides is 3. The molecule has 4 heterocycles. The molecule has 8 rings (SSSR count). The van der Waals surface area contributed by atoms with Crippen LogP contribution >= 0.6 is 47.8 Å². The van der Waals surface area contributed by atoms with Gasteiger partial charge in [-0.05, 0) is 117 Å². The van der Waals surface area contributed by atoms with E-state index in [9.17, 15) is 18.4 Å². The number of nitrogens with zero attached hydrogens (tertiary/aromatic N) is 9. The molecular formula is C46H59Br3F2N10O2. The summed E-state index contributed by atoms with van der Waals surface area (Å²) in [4.78, 5) is 34.5. The van der Waals surface area contributed by atoms with Crippen molar-refractivity contribution in [2.45, 2.75) is 51.4 Å². The normalized spacial score (nSPS) is 14.4. The topological polar surface area (TPSA) is 103 Å². The van der Waals surface area contributed by atoms with E-state index in [1.807, 2.05) is 31.2 Å². The van der Waals surface area contributed by atoms with Gasteiger partial charge in [0.05, 0.1) is 31.8 Å². The summed E-state index contributed by atoms with van der Waals surface area (Å²) in [5.41, 5.74) is 6.24. The van der Waals surface area contributed by atoms with Crippen LogP contribution < -0.4 is 31.0 Å². The first-order chi connectivity index (χ1) is 30.5. The molecule has 12 nitrogen and oxygen atoms in total. The number of aromatic nitrogens is 6. The minimum Gasteiger partial charge on any atom is -0.368 e. The standard InChI is InChI=1S/C22H26BrN5O.C18H18BrN5O.C4H9Br.2CH3F/c1-3-17(2)28-22(29)27(16-24-28)21-10-8-20(9-11-21)26-14-12-25(13-15-26)19-6-4-18(23)5-7-19;19-14-1-3-15(4-2-14)22-9-11-23(12-10-22)16-5-7-17(8-6-16)24-13-20-21-18(24)25;1-3-4(2)5;2*1-2/h4-11,16-17H,3,12-15H2,1-2H3;1-8,13H,9-12H2,(H,21,25);4H,3H2,1-2H3;2*1H3. The number of nitrogens with one attached hydrogen (secondary N) is 1. The maximum atomic E-state index is 12.6. The highest BCUT2D eigenvalue weighted by molar-refractivity contribution is 9.10. The third-order valence-electron chi connectivity index (χ3n) is 10.7. The number of H-pyrrole nitrogens is 1. The summed E-state index contributed by atoms with van der Waals surface area (Å²) in [5, 5.41) is 10.4. The summed E-state index contributed by atoms with van der Waals surface area (Å²) in [7, 11) is 1.00. The lowest BCUT2D eigenvalue weighted by molar-refractivity contribution is 0.460. The lowest BCUT2D eigenvalue weighted by Crippen LogP contribution is -2.46. The van der Waals surface area contributed by atoms with Gasteiger partial charge >= 0.3 is 11.4 Å². The first-order valence-corrected chi connectivity index (χ1v) is 23.4. The summed E-state index contributed by atoms with van der Waals surface area (Å²) in [5.74, 6) is 0. The zero-order valence-electron chi connectivity index (χ0n) is 36.8. The van der Waals surface area contributed by atoms with Gasteiger partial charge in [-0.2, -0.15) is 10.2 Å². The number of anilines is 4. The molecule has 0 aliphatic carbocycles. The van der Waals surface area contributed by atoms with Crippen molar-refractivity contribution in [1.82, 2.24) is 29.1 Å². The zero-order valence-corrected chi connectivity index (χ0v) is 41.6. The summed E-state index contributed by atoms with van der Waals surface area (Å²) in [6.07, 6.45) is 5.21. The van der Waals surface area contributed by atoms with Crippen LogP contribution in [0.4, 0.5) is 31.5 Å². The second kappa shape index (κ2) is 26.1. The van der Waals surface area contributed by atoms with E-state index < -0.39 is 0 Å². The molecule has 340 valence electrons. The predicted molar refractivity (Wildman–Crippen MR) is 267 cm³/mol. The molecule has 2 aliphatic rings. The van der Waals surface area contributed by atoms with E-state index in [-0.39, 0.29) is 17.4 Å². The minimum atomic E-state index is -0.226. The van der Waals surface area contributed by atoms with Crippen LogP contribution in [0.1, 0.15) is 46.6 Å². The van der Waals surface area contributed by atoms with Gasteiger partial charge < -0.3 is 19.6 Å². The third-order valence-corrected chi connectivity index (χ3v) is 12.5. The summed E-state index contributed by atoms with van der Waals surface area (Å²) in [6, 6.07) is 33.3. The number of hydrogen-bond acceptors (Lipinski definition) is 8. The van der Waals surface area contributed by atoms with Crippen molar-refractivity contribution in [3.63, 3.8) is 0 Å². The van der Waals surface area contributed by atoms with Crippen molar-refractivity contribution in [2.75, 3.05) is 86.3 Å². The lowest BCUT2D eigenvalue weighted by atomic mass is 10.2. The molecule has 2 atom stereocenters. The minimum absolute atomic E-state index is 0.0878. The monoisotopic (exact) mass is 1060 g/mol. The highest BCUT2D eigenvalue weighted by Crippen LogP contribution is 2.25. The summed E-state index contributed by atoms with van der Waals surface area (Å²) < 4.78 is 25.9. The molecule has 2 aromatic heterocycles. The van der Waals surface area contributed by atoms with Crippen LogP contribution in [0.5, 0.6) is 0 Å². The molecule has 0 spiro atoms. The van der Waals surface area contributed by atoms with E-state index in [0.717, 1.165) is 79.1 Å². The number of halogens is 5. The zero-order chi connectivity index (χ0) is 45.9. The molecule has 0 amide bonds. The fraction of sp³-hybridized carbons (Fsp3) is 0.391. The molecule has 6 aromatic rings. The Labute approximate surface area is 394 Å². The highest BCUT2D eigenvalue weighted by atomic mass is 79.9. The Morgan fingerprint density at radius 3 is 1.16 bits per heavy atom. The van der Waals surface area contributed by atoms with Gasteiger partial charge in [-0.1, -0.05) is 68.6 Å². The van der Waals surface area contributed by atoms with Crippen LogP contribution in [0.3, 0.4) is 0 Å². The number of benzene rings is 4. The molecular weight excluding hydrogens is 1000 g/mol. The molecule has 1 N–H and O–H groups in total. The second-order valence-electron chi connectivity index (χ2n) is 14.6. The molecule has 4 aromatic carbocycles. The van der Waals surface area contributed by atoms with Gasteiger partial charge in [-0.3, -0.25) is 8.78 Å². The van der Waals surface area contributed by atoms with Gasteiger partial charge in [-0.25, -0.2) is 28.5 Å². The SMILES string of the molecule is CCC(C)Br.CCC(C)n1ncn(-c2ccc(N3CCN(c4ccc(Br)cc4)CC3)cc2)c1=O.CF.CF.O=c1[nH]ncn1-c1ccc(N2CCN(c3ccc(Br)cc3)CC2)cc1. The molecule has 0 radical (unpaired) electrons. The number of hydrogen-bond donors (Lipinski definition) is 1. The smallest absolute Gasteiger partial charge is 0.350 e. The van der Waals surface area contributed by atoms with Crippen molar-refractivity contribution in [1.29, 1.82) is 0 Å².